The average Bonchev–Trinajstić information content (AvgIpc) is 2.76. The monoisotopic (exact) mass is 447 g/mol. The molecule has 1 heterocycles. The highest BCUT2D eigenvalue weighted by molar-refractivity contribution is 5.89. The fourth-order valence-corrected chi connectivity index (χ4v) is 3.89. The molecule has 1 unspecified atom stereocenters. The summed E-state index contributed by atoms with van der Waals surface area (Å²) in [6.07, 6.45) is -1.69. The second-order valence-electron chi connectivity index (χ2n) is 8.27. The minimum absolute atomic E-state index is 0.0540. The molecule has 0 radical (unpaired) electrons. The molecule has 0 bridgehead atoms. The van der Waals surface area contributed by atoms with Crippen LogP contribution in [0.4, 0.5) is 23.7 Å². The van der Waals surface area contributed by atoms with E-state index < -0.39 is 11.7 Å². The van der Waals surface area contributed by atoms with E-state index in [0.717, 1.165) is 36.2 Å². The number of amides is 3. The van der Waals surface area contributed by atoms with Crippen LogP contribution in [0.2, 0.25) is 0 Å². The van der Waals surface area contributed by atoms with Crippen LogP contribution in [0.5, 0.6) is 0 Å². The molecule has 32 heavy (non-hydrogen) atoms. The predicted molar refractivity (Wildman–Crippen MR) is 117 cm³/mol. The average molecular weight is 448 g/mol. The van der Waals surface area contributed by atoms with Crippen LogP contribution in [0.25, 0.3) is 0 Å². The summed E-state index contributed by atoms with van der Waals surface area (Å²) in [5.74, 6) is 0.00932. The zero-order valence-electron chi connectivity index (χ0n) is 18.0. The van der Waals surface area contributed by atoms with Gasteiger partial charge in [0.25, 0.3) is 0 Å². The summed E-state index contributed by atoms with van der Waals surface area (Å²) in [7, 11) is 0. The number of aryl methyl sites for hydroxylation is 1. The number of alkyl halides is 3. The van der Waals surface area contributed by atoms with Gasteiger partial charge in [0.15, 0.2) is 0 Å². The van der Waals surface area contributed by atoms with E-state index in [-0.39, 0.29) is 30.8 Å². The smallest absolute Gasteiger partial charge is 0.352 e. The lowest BCUT2D eigenvalue weighted by molar-refractivity contribution is -0.137. The van der Waals surface area contributed by atoms with Gasteiger partial charge >= 0.3 is 12.2 Å². The molecular formula is C24H28F3N3O2. The largest absolute Gasteiger partial charge is 0.416 e. The quantitative estimate of drug-likeness (QED) is 0.627. The van der Waals surface area contributed by atoms with Crippen LogP contribution in [0.3, 0.4) is 0 Å². The molecule has 1 aliphatic rings. The van der Waals surface area contributed by atoms with Crippen molar-refractivity contribution in [1.82, 2.24) is 10.2 Å². The Balaban J connectivity index is 1.43. The zero-order valence-corrected chi connectivity index (χ0v) is 18.0. The van der Waals surface area contributed by atoms with Crippen LogP contribution < -0.4 is 10.6 Å². The van der Waals surface area contributed by atoms with E-state index in [2.05, 4.69) is 10.6 Å². The molecule has 1 atom stereocenters. The molecule has 1 saturated heterocycles. The van der Waals surface area contributed by atoms with E-state index in [9.17, 15) is 22.8 Å². The van der Waals surface area contributed by atoms with E-state index in [1.165, 1.54) is 6.07 Å². The molecule has 2 N–H and O–H groups in total. The molecule has 2 aromatic rings. The number of rotatable bonds is 6. The fraction of sp³-hybridized carbons (Fsp3) is 0.417. The van der Waals surface area contributed by atoms with Crippen LogP contribution in [0.15, 0.2) is 48.5 Å². The highest BCUT2D eigenvalue weighted by Gasteiger charge is 2.30. The molecule has 5 nitrogen and oxygen atoms in total. The highest BCUT2D eigenvalue weighted by Crippen LogP contribution is 2.29. The summed E-state index contributed by atoms with van der Waals surface area (Å²) in [5, 5.41) is 5.61. The van der Waals surface area contributed by atoms with Gasteiger partial charge in [0, 0.05) is 31.7 Å². The normalized spacial score (nSPS) is 16.5. The predicted octanol–water partition coefficient (Wildman–Crippen LogP) is 5.35. The van der Waals surface area contributed by atoms with Crippen molar-refractivity contribution in [3.8, 4) is 0 Å². The zero-order chi connectivity index (χ0) is 23.1. The Kier molecular flexibility index (Phi) is 7.77. The van der Waals surface area contributed by atoms with Gasteiger partial charge in [-0.1, -0.05) is 24.3 Å². The second-order valence-corrected chi connectivity index (χ2v) is 8.27. The molecule has 1 aliphatic heterocycles. The van der Waals surface area contributed by atoms with E-state index in [4.69, 9.17) is 0 Å². The standard InChI is InChI=1S/C24H28F3N3O2/c1-17-5-2-9-21(13-17)29-23(32)30-12-4-7-18(16-30)10-11-22(31)28-15-19-6-3-8-20(14-19)24(25,26)27/h2-3,5-6,8-9,13-14,18H,4,7,10-12,15-16H2,1H3,(H,28,31)(H,29,32). The van der Waals surface area contributed by atoms with Gasteiger partial charge in [0.1, 0.15) is 0 Å². The number of nitrogens with one attached hydrogen (secondary N) is 2. The van der Waals surface area contributed by atoms with Crippen LogP contribution in [0, 0.1) is 12.8 Å². The summed E-state index contributed by atoms with van der Waals surface area (Å²) >= 11 is 0. The molecule has 172 valence electrons. The first-order valence-electron chi connectivity index (χ1n) is 10.8. The van der Waals surface area contributed by atoms with Gasteiger partial charge < -0.3 is 15.5 Å². The lowest BCUT2D eigenvalue weighted by Gasteiger charge is -2.32. The molecule has 0 saturated carbocycles. The number of urea groups is 1. The van der Waals surface area contributed by atoms with Gasteiger partial charge in [-0.2, -0.15) is 13.2 Å². The number of likely N-dealkylation sites (tertiary alicyclic amines) is 1. The summed E-state index contributed by atoms with van der Waals surface area (Å²) < 4.78 is 38.4. The Bertz CT molecular complexity index is 946. The van der Waals surface area contributed by atoms with Crippen molar-refractivity contribution in [1.29, 1.82) is 0 Å². The Labute approximate surface area is 186 Å². The van der Waals surface area contributed by atoms with Crippen LogP contribution in [-0.2, 0) is 17.5 Å². The molecule has 2 aromatic carbocycles. The Morgan fingerprint density at radius 2 is 1.91 bits per heavy atom. The van der Waals surface area contributed by atoms with Crippen molar-refractivity contribution < 1.29 is 22.8 Å². The number of piperidine rings is 1. The summed E-state index contributed by atoms with van der Waals surface area (Å²) in [5.41, 5.74) is 1.50. The molecule has 1 fully saturated rings. The van der Waals surface area contributed by atoms with Gasteiger partial charge in [-0.25, -0.2) is 4.79 Å². The topological polar surface area (TPSA) is 61.4 Å². The number of carbonyl (C=O) groups excluding carboxylic acids is 2. The first kappa shape index (κ1) is 23.6. The minimum atomic E-state index is -4.40. The second kappa shape index (κ2) is 10.5. The van der Waals surface area contributed by atoms with Crippen molar-refractivity contribution >= 4 is 17.6 Å². The van der Waals surface area contributed by atoms with Crippen molar-refractivity contribution in [2.75, 3.05) is 18.4 Å². The van der Waals surface area contributed by atoms with E-state index in [0.29, 0.717) is 25.1 Å². The number of benzene rings is 2. The molecule has 8 heteroatoms. The van der Waals surface area contributed by atoms with Gasteiger partial charge in [-0.05, 0) is 67.5 Å². The number of anilines is 1. The Hall–Kier alpha value is -3.03. The Morgan fingerprint density at radius 3 is 2.66 bits per heavy atom. The van der Waals surface area contributed by atoms with Crippen molar-refractivity contribution in [2.24, 2.45) is 5.92 Å². The van der Waals surface area contributed by atoms with Crippen molar-refractivity contribution in [3.05, 3.63) is 65.2 Å². The van der Waals surface area contributed by atoms with Gasteiger partial charge in [-0.3, -0.25) is 4.79 Å². The molecule has 0 aromatic heterocycles. The number of carbonyl (C=O) groups is 2. The van der Waals surface area contributed by atoms with Crippen molar-refractivity contribution in [2.45, 2.75) is 45.3 Å². The molecular weight excluding hydrogens is 419 g/mol. The number of hydrogen-bond donors (Lipinski definition) is 2. The SMILES string of the molecule is Cc1cccc(NC(=O)N2CCCC(CCC(=O)NCc3cccc(C(F)(F)F)c3)C2)c1. The summed E-state index contributed by atoms with van der Waals surface area (Å²) in [6, 6.07) is 12.4. The maximum atomic E-state index is 12.8. The van der Waals surface area contributed by atoms with E-state index in [1.54, 1.807) is 11.0 Å². The van der Waals surface area contributed by atoms with Crippen LogP contribution in [-0.4, -0.2) is 29.9 Å². The summed E-state index contributed by atoms with van der Waals surface area (Å²) in [4.78, 5) is 26.6. The third kappa shape index (κ3) is 7.00. The highest BCUT2D eigenvalue weighted by atomic mass is 19.4. The lowest BCUT2D eigenvalue weighted by atomic mass is 9.93. The first-order valence-corrected chi connectivity index (χ1v) is 10.8. The molecule has 0 spiro atoms. The number of halogens is 3. The van der Waals surface area contributed by atoms with E-state index in [1.807, 2.05) is 31.2 Å². The van der Waals surface area contributed by atoms with Gasteiger partial charge in [-0.15, -0.1) is 0 Å². The molecule has 3 amide bonds. The first-order chi connectivity index (χ1) is 15.2. The van der Waals surface area contributed by atoms with E-state index >= 15 is 0 Å². The lowest BCUT2D eigenvalue weighted by Crippen LogP contribution is -2.42. The number of nitrogens with zero attached hydrogens (tertiary/aromatic N) is 1. The summed E-state index contributed by atoms with van der Waals surface area (Å²) in [6.45, 7) is 3.28. The van der Waals surface area contributed by atoms with Crippen LogP contribution >= 0.6 is 0 Å². The third-order valence-corrected chi connectivity index (χ3v) is 5.60. The van der Waals surface area contributed by atoms with Gasteiger partial charge in [0.05, 0.1) is 5.56 Å². The molecule has 3 rings (SSSR count). The van der Waals surface area contributed by atoms with Gasteiger partial charge in [0.2, 0.25) is 5.91 Å². The third-order valence-electron chi connectivity index (χ3n) is 5.60. The Morgan fingerprint density at radius 1 is 1.12 bits per heavy atom. The fourth-order valence-electron chi connectivity index (χ4n) is 3.89. The van der Waals surface area contributed by atoms with Crippen molar-refractivity contribution in [3.63, 3.8) is 0 Å². The minimum Gasteiger partial charge on any atom is -0.352 e. The van der Waals surface area contributed by atoms with Crippen LogP contribution in [0.1, 0.15) is 42.4 Å². The maximum Gasteiger partial charge on any atom is 0.416 e. The maximum absolute atomic E-state index is 12.8. The number of hydrogen-bond acceptors (Lipinski definition) is 2. The molecule has 0 aliphatic carbocycles.